The summed E-state index contributed by atoms with van der Waals surface area (Å²) in [6.45, 7) is 17.0. The number of hydrogen-bond donors (Lipinski definition) is 1. The summed E-state index contributed by atoms with van der Waals surface area (Å²) in [5.41, 5.74) is 0.714. The fraction of sp³-hybridized carbons (Fsp3) is 0.758. The minimum atomic E-state index is -0.492. The van der Waals surface area contributed by atoms with Crippen LogP contribution in [0.2, 0.25) is 0 Å². The van der Waals surface area contributed by atoms with Crippen molar-refractivity contribution in [1.82, 2.24) is 15.0 Å². The minimum absolute atomic E-state index is 0.0163. The van der Waals surface area contributed by atoms with Crippen molar-refractivity contribution in [3.05, 3.63) is 35.4 Å². The molecule has 5 aliphatic rings. The molecule has 0 aromatic carbocycles. The molecular weight excluding hydrogens is 484 g/mol. The standard InChI is InChI=1S/C33H46N4O2/c1-20-8-11-33(19-37-15-14-35-36-37)13-12-32(7)27(26(33)21(20)2)23(38)16-25-30(5)17-22(18-34)28(39)29(3,4)24(30)9-10-31(25,32)6/h14-16,20-21,24,26-27,39H,8-13,17,19H2,1-7H3/t20-,21+,24+,26+,27-,30+,31-,32-,33-/m1/s1. The van der Waals surface area contributed by atoms with Crippen molar-refractivity contribution in [3.8, 4) is 6.07 Å². The van der Waals surface area contributed by atoms with Crippen LogP contribution < -0.4 is 0 Å². The number of nitriles is 1. The lowest BCUT2D eigenvalue weighted by atomic mass is 9.33. The highest BCUT2D eigenvalue weighted by atomic mass is 16.3. The van der Waals surface area contributed by atoms with Gasteiger partial charge in [0.2, 0.25) is 0 Å². The van der Waals surface area contributed by atoms with Crippen LogP contribution in [0.3, 0.4) is 0 Å². The van der Waals surface area contributed by atoms with Crippen LogP contribution in [0.5, 0.6) is 0 Å². The summed E-state index contributed by atoms with van der Waals surface area (Å²) in [6, 6.07) is 2.33. The molecule has 0 spiro atoms. The second-order valence-electron chi connectivity index (χ2n) is 15.4. The van der Waals surface area contributed by atoms with Crippen molar-refractivity contribution in [2.75, 3.05) is 0 Å². The van der Waals surface area contributed by atoms with E-state index in [-0.39, 0.29) is 39.3 Å². The first-order valence-corrected chi connectivity index (χ1v) is 15.2. The summed E-state index contributed by atoms with van der Waals surface area (Å²) in [5, 5.41) is 29.5. The Hall–Kier alpha value is -2.42. The summed E-state index contributed by atoms with van der Waals surface area (Å²) in [6.07, 6.45) is 12.8. The number of carbonyl (C=O) groups excluding carboxylic acids is 1. The van der Waals surface area contributed by atoms with E-state index >= 15 is 0 Å². The van der Waals surface area contributed by atoms with E-state index in [4.69, 9.17) is 0 Å². The largest absolute Gasteiger partial charge is 0.511 e. The van der Waals surface area contributed by atoms with E-state index in [1.165, 1.54) is 12.0 Å². The number of carbonyl (C=O) groups is 1. The molecule has 0 saturated heterocycles. The highest BCUT2D eigenvalue weighted by Gasteiger charge is 2.70. The molecule has 1 aromatic heterocycles. The van der Waals surface area contributed by atoms with Crippen LogP contribution >= 0.6 is 0 Å². The lowest BCUT2D eigenvalue weighted by Gasteiger charge is -2.70. The number of aliphatic hydroxyl groups excluding tert-OH is 1. The number of rotatable bonds is 2. The Labute approximate surface area is 233 Å². The number of ketones is 1. The van der Waals surface area contributed by atoms with Crippen LogP contribution in [-0.2, 0) is 11.3 Å². The van der Waals surface area contributed by atoms with Gasteiger partial charge in [0, 0.05) is 24.1 Å². The fourth-order valence-corrected chi connectivity index (χ4v) is 11.2. The van der Waals surface area contributed by atoms with Gasteiger partial charge in [-0.3, -0.25) is 9.48 Å². The van der Waals surface area contributed by atoms with Crippen LogP contribution in [0.1, 0.15) is 93.4 Å². The summed E-state index contributed by atoms with van der Waals surface area (Å²) in [7, 11) is 0. The summed E-state index contributed by atoms with van der Waals surface area (Å²) in [5.74, 6) is 2.08. The third-order valence-corrected chi connectivity index (χ3v) is 13.6. The van der Waals surface area contributed by atoms with Gasteiger partial charge in [-0.1, -0.05) is 59.3 Å². The zero-order valence-electron chi connectivity index (χ0n) is 24.9. The molecule has 0 radical (unpaired) electrons. The number of aromatic nitrogens is 3. The maximum atomic E-state index is 14.6. The predicted octanol–water partition coefficient (Wildman–Crippen LogP) is 7.06. The maximum Gasteiger partial charge on any atom is 0.159 e. The molecule has 3 fully saturated rings. The van der Waals surface area contributed by atoms with Gasteiger partial charge >= 0.3 is 0 Å². The van der Waals surface area contributed by atoms with Gasteiger partial charge in [-0.2, -0.15) is 5.26 Å². The van der Waals surface area contributed by atoms with E-state index in [0.29, 0.717) is 35.5 Å². The average molecular weight is 531 g/mol. The first kappa shape index (κ1) is 26.8. The Balaban J connectivity index is 1.50. The Morgan fingerprint density at radius 3 is 2.51 bits per heavy atom. The smallest absolute Gasteiger partial charge is 0.159 e. The van der Waals surface area contributed by atoms with Crippen molar-refractivity contribution in [1.29, 1.82) is 5.26 Å². The van der Waals surface area contributed by atoms with E-state index in [0.717, 1.165) is 38.6 Å². The predicted molar refractivity (Wildman–Crippen MR) is 150 cm³/mol. The number of allylic oxidation sites excluding steroid dienone is 4. The zero-order valence-corrected chi connectivity index (χ0v) is 24.9. The quantitative estimate of drug-likeness (QED) is 0.442. The van der Waals surface area contributed by atoms with Crippen molar-refractivity contribution >= 4 is 5.78 Å². The molecule has 5 aliphatic carbocycles. The summed E-state index contributed by atoms with van der Waals surface area (Å²) < 4.78 is 2.01. The van der Waals surface area contributed by atoms with Gasteiger partial charge < -0.3 is 5.11 Å². The lowest BCUT2D eigenvalue weighted by Crippen LogP contribution is -2.65. The highest BCUT2D eigenvalue weighted by molar-refractivity contribution is 5.95. The van der Waals surface area contributed by atoms with E-state index in [1.807, 2.05) is 10.9 Å². The van der Waals surface area contributed by atoms with E-state index in [1.54, 1.807) is 6.20 Å². The molecular formula is C33H46N4O2. The summed E-state index contributed by atoms with van der Waals surface area (Å²) in [4.78, 5) is 14.6. The minimum Gasteiger partial charge on any atom is -0.511 e. The van der Waals surface area contributed by atoms with Gasteiger partial charge in [-0.15, -0.1) is 5.10 Å². The first-order chi connectivity index (χ1) is 18.2. The molecule has 9 atom stereocenters. The van der Waals surface area contributed by atoms with Crippen molar-refractivity contribution in [3.63, 3.8) is 0 Å². The molecule has 6 nitrogen and oxygen atoms in total. The van der Waals surface area contributed by atoms with Crippen LogP contribution in [0.4, 0.5) is 0 Å². The molecule has 6 rings (SSSR count). The van der Waals surface area contributed by atoms with Gasteiger partial charge in [-0.25, -0.2) is 0 Å². The first-order valence-electron chi connectivity index (χ1n) is 15.2. The molecule has 0 amide bonds. The van der Waals surface area contributed by atoms with Gasteiger partial charge in [0.05, 0.1) is 17.8 Å². The Morgan fingerprint density at radius 1 is 1.10 bits per heavy atom. The van der Waals surface area contributed by atoms with Crippen LogP contribution in [-0.4, -0.2) is 25.9 Å². The Morgan fingerprint density at radius 2 is 1.85 bits per heavy atom. The second-order valence-corrected chi connectivity index (χ2v) is 15.4. The van der Waals surface area contributed by atoms with E-state index < -0.39 is 5.41 Å². The van der Waals surface area contributed by atoms with Crippen LogP contribution in [0.15, 0.2) is 35.4 Å². The van der Waals surface area contributed by atoms with Gasteiger partial charge in [0.25, 0.3) is 0 Å². The lowest BCUT2D eigenvalue weighted by molar-refractivity contribution is -0.181. The van der Waals surface area contributed by atoms with Crippen LogP contribution in [0, 0.1) is 68.0 Å². The molecule has 0 unspecified atom stereocenters. The molecule has 0 aliphatic heterocycles. The van der Waals surface area contributed by atoms with E-state index in [2.05, 4.69) is 70.9 Å². The van der Waals surface area contributed by atoms with Gasteiger partial charge in [0.15, 0.2) is 5.78 Å². The molecule has 210 valence electrons. The average Bonchev–Trinajstić information content (AvgIpc) is 3.39. The van der Waals surface area contributed by atoms with E-state index in [9.17, 15) is 15.2 Å². The normalized spacial score (nSPS) is 46.8. The molecule has 0 bridgehead atoms. The highest BCUT2D eigenvalue weighted by Crippen LogP contribution is 2.75. The van der Waals surface area contributed by atoms with Crippen molar-refractivity contribution in [2.45, 2.75) is 100.0 Å². The van der Waals surface area contributed by atoms with Gasteiger partial charge in [0.1, 0.15) is 5.76 Å². The SMILES string of the molecule is C[C@@H]1[C@H]2[C@H]3C(=O)C=C4[C@@]5(C)CC(C#N)=C(O)C(C)(C)[C@@H]5CC[C@@]4(C)[C@]3(C)CC[C@@]2(Cn2ccnn2)CC[C@H]1C. The van der Waals surface area contributed by atoms with Gasteiger partial charge in [-0.05, 0) is 96.4 Å². The Kier molecular flexibility index (Phi) is 5.70. The second kappa shape index (κ2) is 8.30. The van der Waals surface area contributed by atoms with Crippen molar-refractivity contribution in [2.24, 2.45) is 56.7 Å². The van der Waals surface area contributed by atoms with Crippen molar-refractivity contribution < 1.29 is 9.90 Å². The third kappa shape index (κ3) is 3.28. The molecule has 1 aromatic rings. The number of aliphatic hydroxyl groups is 1. The Bertz CT molecular complexity index is 1300. The maximum absolute atomic E-state index is 14.6. The fourth-order valence-electron chi connectivity index (χ4n) is 11.2. The molecule has 6 heteroatoms. The molecule has 3 saturated carbocycles. The third-order valence-electron chi connectivity index (χ3n) is 13.6. The number of fused-ring (bicyclic) bond motifs is 7. The molecule has 39 heavy (non-hydrogen) atoms. The molecule has 1 N–H and O–H groups in total. The molecule has 1 heterocycles. The number of hydrogen-bond acceptors (Lipinski definition) is 5. The number of nitrogens with zero attached hydrogens (tertiary/aromatic N) is 4. The van der Waals surface area contributed by atoms with Crippen LogP contribution in [0.25, 0.3) is 0 Å². The monoisotopic (exact) mass is 530 g/mol. The zero-order chi connectivity index (χ0) is 28.2. The topological polar surface area (TPSA) is 91.8 Å². The summed E-state index contributed by atoms with van der Waals surface area (Å²) >= 11 is 0.